The summed E-state index contributed by atoms with van der Waals surface area (Å²) in [5.74, 6) is 1.36. The van der Waals surface area contributed by atoms with Crippen molar-refractivity contribution in [1.82, 2.24) is 9.88 Å². The molecule has 126 valence electrons. The van der Waals surface area contributed by atoms with Gasteiger partial charge in [-0.3, -0.25) is 9.69 Å². The molecular weight excluding hydrogens is 304 g/mol. The van der Waals surface area contributed by atoms with E-state index in [1.54, 1.807) is 17.0 Å². The van der Waals surface area contributed by atoms with Crippen molar-refractivity contribution in [3.63, 3.8) is 0 Å². The second-order valence-electron chi connectivity index (χ2n) is 6.11. The molecule has 2 heterocycles. The van der Waals surface area contributed by atoms with Crippen LogP contribution in [0.15, 0.2) is 42.5 Å². The van der Waals surface area contributed by atoms with E-state index in [1.165, 1.54) is 0 Å². The second kappa shape index (κ2) is 6.88. The number of hydrogen-bond acceptors (Lipinski definition) is 5. The number of fused-ring (bicyclic) bond motifs is 1. The number of nitrogens with two attached hydrogens (primary N) is 1. The first-order chi connectivity index (χ1) is 11.6. The average molecular weight is 326 g/mol. The number of ether oxygens (including phenoxy) is 1. The summed E-state index contributed by atoms with van der Waals surface area (Å²) in [7, 11) is 4.02. The molecule has 1 aromatic carbocycles. The lowest BCUT2D eigenvalue weighted by Gasteiger charge is -2.34. The van der Waals surface area contributed by atoms with E-state index in [0.29, 0.717) is 23.9 Å². The zero-order chi connectivity index (χ0) is 17.1. The van der Waals surface area contributed by atoms with Gasteiger partial charge in [0.2, 0.25) is 6.10 Å². The van der Waals surface area contributed by atoms with Crippen molar-refractivity contribution in [1.29, 1.82) is 0 Å². The number of nitrogen functional groups attached to an aromatic ring is 1. The van der Waals surface area contributed by atoms with Crippen molar-refractivity contribution in [2.45, 2.75) is 12.5 Å². The number of aromatic nitrogens is 1. The molecule has 0 saturated heterocycles. The van der Waals surface area contributed by atoms with Gasteiger partial charge in [0.15, 0.2) is 11.6 Å². The van der Waals surface area contributed by atoms with Crippen LogP contribution >= 0.6 is 0 Å². The highest BCUT2D eigenvalue weighted by atomic mass is 16.5. The number of anilines is 2. The molecule has 6 nitrogen and oxygen atoms in total. The van der Waals surface area contributed by atoms with Gasteiger partial charge in [-0.15, -0.1) is 0 Å². The van der Waals surface area contributed by atoms with Crippen LogP contribution in [0.5, 0.6) is 5.75 Å². The summed E-state index contributed by atoms with van der Waals surface area (Å²) in [6, 6.07) is 13.0. The van der Waals surface area contributed by atoms with Gasteiger partial charge in [-0.1, -0.05) is 30.3 Å². The summed E-state index contributed by atoms with van der Waals surface area (Å²) >= 11 is 0. The van der Waals surface area contributed by atoms with Crippen molar-refractivity contribution < 1.29 is 9.53 Å². The van der Waals surface area contributed by atoms with E-state index in [2.05, 4.69) is 9.88 Å². The number of nitrogens with zero attached hydrogens (tertiary/aromatic N) is 3. The second-order valence-corrected chi connectivity index (χ2v) is 6.11. The third kappa shape index (κ3) is 3.33. The van der Waals surface area contributed by atoms with Crippen LogP contribution in [0.4, 0.5) is 11.6 Å². The quantitative estimate of drug-likeness (QED) is 0.911. The summed E-state index contributed by atoms with van der Waals surface area (Å²) in [6.07, 6.45) is 0.194. The van der Waals surface area contributed by atoms with Crippen molar-refractivity contribution in [3.8, 4) is 5.75 Å². The number of carbonyl (C=O) groups excluding carboxylic acids is 1. The lowest BCUT2D eigenvalue weighted by molar-refractivity contribution is -0.126. The summed E-state index contributed by atoms with van der Waals surface area (Å²) in [4.78, 5) is 21.1. The molecule has 0 spiro atoms. The van der Waals surface area contributed by atoms with Crippen molar-refractivity contribution in [2.24, 2.45) is 0 Å². The Hall–Kier alpha value is -2.60. The minimum atomic E-state index is -0.650. The average Bonchev–Trinajstić information content (AvgIpc) is 2.57. The van der Waals surface area contributed by atoms with Crippen LogP contribution < -0.4 is 15.4 Å². The Morgan fingerprint density at radius 1 is 1.21 bits per heavy atom. The Kier molecular flexibility index (Phi) is 4.66. The first-order valence-corrected chi connectivity index (χ1v) is 8.00. The number of amides is 1. The number of hydrogen-bond donors (Lipinski definition) is 1. The van der Waals surface area contributed by atoms with Crippen LogP contribution in [0.25, 0.3) is 0 Å². The molecule has 1 aliphatic heterocycles. The largest absolute Gasteiger partial charge is 0.472 e. The van der Waals surface area contributed by atoms with Crippen LogP contribution in [0.2, 0.25) is 0 Å². The maximum absolute atomic E-state index is 13.0. The van der Waals surface area contributed by atoms with Gasteiger partial charge in [-0.25, -0.2) is 4.98 Å². The number of pyridine rings is 1. The van der Waals surface area contributed by atoms with Gasteiger partial charge in [0.05, 0.1) is 0 Å². The smallest absolute Gasteiger partial charge is 0.274 e. The van der Waals surface area contributed by atoms with E-state index in [1.807, 2.05) is 44.4 Å². The molecule has 0 aliphatic carbocycles. The van der Waals surface area contributed by atoms with E-state index < -0.39 is 6.10 Å². The van der Waals surface area contributed by atoms with Gasteiger partial charge < -0.3 is 15.4 Å². The lowest BCUT2D eigenvalue weighted by atomic mass is 10.1. The molecule has 1 aliphatic rings. The molecule has 1 unspecified atom stereocenters. The predicted octanol–water partition coefficient (Wildman–Crippen LogP) is 2.08. The Morgan fingerprint density at radius 3 is 2.67 bits per heavy atom. The molecule has 3 rings (SSSR count). The molecule has 2 N–H and O–H groups in total. The number of benzene rings is 1. The number of rotatable bonds is 5. The standard InChI is InChI=1S/C18H22N4O2/c1-21(2)11-6-12-22-17-14(9-10-15(19)20-17)24-16(18(22)23)13-7-4-3-5-8-13/h3-5,7-10,16H,6,11-12H2,1-2H3,(H2,19,20). The summed E-state index contributed by atoms with van der Waals surface area (Å²) in [5, 5.41) is 0. The first-order valence-electron chi connectivity index (χ1n) is 8.00. The highest BCUT2D eigenvalue weighted by molar-refractivity contribution is 5.99. The topological polar surface area (TPSA) is 71.7 Å². The molecule has 1 aromatic heterocycles. The third-order valence-corrected chi connectivity index (χ3v) is 3.94. The normalized spacial score (nSPS) is 16.9. The Morgan fingerprint density at radius 2 is 1.96 bits per heavy atom. The van der Waals surface area contributed by atoms with Crippen LogP contribution in [0, 0.1) is 0 Å². The maximum atomic E-state index is 13.0. The first kappa shape index (κ1) is 16.3. The lowest BCUT2D eigenvalue weighted by Crippen LogP contribution is -2.43. The molecule has 2 aromatic rings. The Bertz CT molecular complexity index is 718. The fourth-order valence-electron chi connectivity index (χ4n) is 2.76. The minimum Gasteiger partial charge on any atom is -0.472 e. The zero-order valence-electron chi connectivity index (χ0n) is 14.0. The van der Waals surface area contributed by atoms with Crippen LogP contribution in [0.1, 0.15) is 18.1 Å². The van der Waals surface area contributed by atoms with Crippen LogP contribution in [-0.2, 0) is 4.79 Å². The molecule has 1 amide bonds. The van der Waals surface area contributed by atoms with Gasteiger partial charge in [-0.2, -0.15) is 0 Å². The summed E-state index contributed by atoms with van der Waals surface area (Å²) in [5.41, 5.74) is 6.64. The fraction of sp³-hybridized carbons (Fsp3) is 0.333. The van der Waals surface area contributed by atoms with E-state index in [-0.39, 0.29) is 5.91 Å². The molecule has 0 saturated carbocycles. The fourth-order valence-corrected chi connectivity index (χ4v) is 2.76. The Balaban J connectivity index is 1.92. The van der Waals surface area contributed by atoms with Crippen LogP contribution in [-0.4, -0.2) is 43.0 Å². The predicted molar refractivity (Wildman–Crippen MR) is 94.0 cm³/mol. The number of carbonyl (C=O) groups is 1. The van der Waals surface area contributed by atoms with E-state index in [4.69, 9.17) is 10.5 Å². The van der Waals surface area contributed by atoms with E-state index in [9.17, 15) is 4.79 Å². The third-order valence-electron chi connectivity index (χ3n) is 3.94. The monoisotopic (exact) mass is 326 g/mol. The van der Waals surface area contributed by atoms with Crippen molar-refractivity contribution in [3.05, 3.63) is 48.0 Å². The zero-order valence-corrected chi connectivity index (χ0v) is 14.0. The van der Waals surface area contributed by atoms with Gasteiger partial charge in [0, 0.05) is 12.1 Å². The SMILES string of the molecule is CN(C)CCCN1C(=O)C(c2ccccc2)Oc2ccc(N)nc21. The van der Waals surface area contributed by atoms with Gasteiger partial charge in [-0.05, 0) is 39.2 Å². The van der Waals surface area contributed by atoms with Crippen molar-refractivity contribution in [2.75, 3.05) is 37.8 Å². The Labute approximate surface area is 141 Å². The molecule has 6 heteroatoms. The molecule has 0 radical (unpaired) electrons. The molecular formula is C18H22N4O2. The molecule has 24 heavy (non-hydrogen) atoms. The minimum absolute atomic E-state index is 0.106. The van der Waals surface area contributed by atoms with Gasteiger partial charge in [0.1, 0.15) is 5.82 Å². The molecule has 0 bridgehead atoms. The summed E-state index contributed by atoms with van der Waals surface area (Å²) in [6.45, 7) is 1.46. The highest BCUT2D eigenvalue weighted by Gasteiger charge is 2.36. The molecule has 1 atom stereocenters. The van der Waals surface area contributed by atoms with Crippen molar-refractivity contribution >= 4 is 17.5 Å². The van der Waals surface area contributed by atoms with E-state index >= 15 is 0 Å². The van der Waals surface area contributed by atoms with Gasteiger partial charge >= 0.3 is 0 Å². The van der Waals surface area contributed by atoms with Gasteiger partial charge in [0.25, 0.3) is 5.91 Å². The maximum Gasteiger partial charge on any atom is 0.274 e. The molecule has 0 fully saturated rings. The van der Waals surface area contributed by atoms with E-state index in [0.717, 1.165) is 18.5 Å². The highest BCUT2D eigenvalue weighted by Crippen LogP contribution is 2.38. The summed E-state index contributed by atoms with van der Waals surface area (Å²) < 4.78 is 5.92. The van der Waals surface area contributed by atoms with Crippen LogP contribution in [0.3, 0.4) is 0 Å².